The molecule has 17 heavy (non-hydrogen) atoms. The minimum absolute atomic E-state index is 0.764. The van der Waals surface area contributed by atoms with Gasteiger partial charge in [0.15, 0.2) is 0 Å². The lowest BCUT2D eigenvalue weighted by molar-refractivity contribution is 0.0421. The van der Waals surface area contributed by atoms with Gasteiger partial charge in [-0.05, 0) is 38.6 Å². The Morgan fingerprint density at radius 3 is 2.71 bits per heavy atom. The molecule has 1 aliphatic carbocycles. The number of nitrogens with one attached hydrogen (secondary N) is 1. The van der Waals surface area contributed by atoms with Crippen molar-refractivity contribution in [1.29, 1.82) is 0 Å². The molecule has 3 heteroatoms. The maximum Gasteiger partial charge on any atom is 0.0506 e. The molecule has 100 valence electrons. The fourth-order valence-electron chi connectivity index (χ4n) is 3.07. The van der Waals surface area contributed by atoms with Crippen LogP contribution in [0.4, 0.5) is 0 Å². The lowest BCUT2D eigenvalue weighted by Crippen LogP contribution is -2.37. The molecule has 0 amide bonds. The minimum Gasteiger partial charge on any atom is -0.381 e. The van der Waals surface area contributed by atoms with Crippen LogP contribution >= 0.6 is 0 Å². The third-order valence-electron chi connectivity index (χ3n) is 4.11. The summed E-state index contributed by atoms with van der Waals surface area (Å²) in [7, 11) is 2.24. The molecule has 1 atom stereocenters. The largest absolute Gasteiger partial charge is 0.381 e. The Morgan fingerprint density at radius 2 is 2.00 bits per heavy atom. The Labute approximate surface area is 106 Å². The molecule has 0 spiro atoms. The van der Waals surface area contributed by atoms with Crippen LogP contribution in [0.5, 0.6) is 0 Å². The van der Waals surface area contributed by atoms with Gasteiger partial charge < -0.3 is 15.0 Å². The Balaban J connectivity index is 1.52. The first kappa shape index (κ1) is 13.3. The van der Waals surface area contributed by atoms with Crippen molar-refractivity contribution in [2.45, 2.75) is 44.6 Å². The average molecular weight is 240 g/mol. The highest BCUT2D eigenvalue weighted by molar-refractivity contribution is 4.74. The fraction of sp³-hybridized carbons (Fsp3) is 1.00. The summed E-state index contributed by atoms with van der Waals surface area (Å²) in [6.07, 6.45) is 8.22. The number of nitrogens with zero attached hydrogens (tertiary/aromatic N) is 1. The van der Waals surface area contributed by atoms with Gasteiger partial charge in [0.1, 0.15) is 0 Å². The van der Waals surface area contributed by atoms with Crippen LogP contribution in [0, 0.1) is 5.92 Å². The van der Waals surface area contributed by atoms with Gasteiger partial charge in [-0.1, -0.05) is 12.8 Å². The van der Waals surface area contributed by atoms with Crippen LogP contribution in [0.15, 0.2) is 0 Å². The first-order valence-corrected chi connectivity index (χ1v) is 7.34. The van der Waals surface area contributed by atoms with E-state index in [1.54, 1.807) is 0 Å². The normalized spacial score (nSPS) is 26.8. The van der Waals surface area contributed by atoms with E-state index in [4.69, 9.17) is 4.74 Å². The first-order valence-electron chi connectivity index (χ1n) is 7.34. The van der Waals surface area contributed by atoms with Crippen molar-refractivity contribution in [3.05, 3.63) is 0 Å². The summed E-state index contributed by atoms with van der Waals surface area (Å²) in [5.74, 6) is 0.764. The lowest BCUT2D eigenvalue weighted by Gasteiger charge is -2.27. The van der Waals surface area contributed by atoms with Crippen LogP contribution in [-0.4, -0.2) is 50.8 Å². The van der Waals surface area contributed by atoms with Gasteiger partial charge in [0, 0.05) is 32.3 Å². The van der Waals surface area contributed by atoms with Gasteiger partial charge in [-0.3, -0.25) is 0 Å². The fourth-order valence-corrected chi connectivity index (χ4v) is 3.07. The highest BCUT2D eigenvalue weighted by Crippen LogP contribution is 2.17. The van der Waals surface area contributed by atoms with Gasteiger partial charge in [0.25, 0.3) is 0 Å². The zero-order valence-electron chi connectivity index (χ0n) is 11.3. The van der Waals surface area contributed by atoms with Crippen LogP contribution in [-0.2, 0) is 4.74 Å². The molecular formula is C14H28N2O. The monoisotopic (exact) mass is 240 g/mol. The number of hydrogen-bond donors (Lipinski definition) is 1. The molecule has 3 nitrogen and oxygen atoms in total. The zero-order chi connectivity index (χ0) is 11.9. The van der Waals surface area contributed by atoms with Crippen LogP contribution < -0.4 is 5.32 Å². The summed E-state index contributed by atoms with van der Waals surface area (Å²) in [5, 5.41) is 3.68. The number of ether oxygens (including phenoxy) is 1. The maximum absolute atomic E-state index is 5.53. The summed E-state index contributed by atoms with van der Waals surface area (Å²) < 4.78 is 5.53. The topological polar surface area (TPSA) is 24.5 Å². The van der Waals surface area contributed by atoms with Gasteiger partial charge in [-0.25, -0.2) is 0 Å². The van der Waals surface area contributed by atoms with E-state index in [2.05, 4.69) is 17.3 Å². The summed E-state index contributed by atoms with van der Waals surface area (Å²) in [6, 6.07) is 0.807. The molecule has 2 fully saturated rings. The zero-order valence-corrected chi connectivity index (χ0v) is 11.3. The maximum atomic E-state index is 5.53. The second-order valence-electron chi connectivity index (χ2n) is 5.78. The molecule has 0 radical (unpaired) electrons. The van der Waals surface area contributed by atoms with Gasteiger partial charge >= 0.3 is 0 Å². The Hall–Kier alpha value is -0.120. The molecule has 1 saturated heterocycles. The Bertz CT molecular complexity index is 198. The van der Waals surface area contributed by atoms with Crippen molar-refractivity contribution in [3.8, 4) is 0 Å². The quantitative estimate of drug-likeness (QED) is 0.767. The van der Waals surface area contributed by atoms with Crippen molar-refractivity contribution in [2.75, 3.05) is 39.9 Å². The third kappa shape index (κ3) is 4.94. The van der Waals surface area contributed by atoms with E-state index < -0.39 is 0 Å². The Kier molecular flexibility index (Phi) is 5.75. The van der Waals surface area contributed by atoms with Crippen molar-refractivity contribution < 1.29 is 4.74 Å². The van der Waals surface area contributed by atoms with Crippen molar-refractivity contribution >= 4 is 0 Å². The smallest absolute Gasteiger partial charge is 0.0506 e. The van der Waals surface area contributed by atoms with Crippen LogP contribution in [0.1, 0.15) is 38.5 Å². The molecule has 0 aromatic rings. The van der Waals surface area contributed by atoms with Crippen molar-refractivity contribution in [1.82, 2.24) is 10.2 Å². The molecule has 1 saturated carbocycles. The molecule has 0 aromatic carbocycles. The van der Waals surface area contributed by atoms with E-state index in [0.717, 1.165) is 31.7 Å². The molecule has 1 aliphatic heterocycles. The predicted molar refractivity (Wildman–Crippen MR) is 71.3 cm³/mol. The third-order valence-corrected chi connectivity index (χ3v) is 4.11. The number of rotatable bonds is 6. The van der Waals surface area contributed by atoms with Crippen LogP contribution in [0.2, 0.25) is 0 Å². The highest BCUT2D eigenvalue weighted by atomic mass is 16.5. The molecule has 0 aromatic heterocycles. The van der Waals surface area contributed by atoms with E-state index in [1.807, 2.05) is 0 Å². The summed E-state index contributed by atoms with van der Waals surface area (Å²) in [6.45, 7) is 5.47. The molecule has 1 heterocycles. The minimum atomic E-state index is 0.764. The molecule has 2 aliphatic rings. The first-order chi connectivity index (χ1) is 8.34. The molecule has 2 rings (SSSR count). The van der Waals surface area contributed by atoms with Gasteiger partial charge in [-0.15, -0.1) is 0 Å². The molecule has 1 N–H and O–H groups in total. The van der Waals surface area contributed by atoms with E-state index >= 15 is 0 Å². The van der Waals surface area contributed by atoms with E-state index in [1.165, 1.54) is 51.6 Å². The van der Waals surface area contributed by atoms with Crippen LogP contribution in [0.3, 0.4) is 0 Å². The Morgan fingerprint density at radius 1 is 1.18 bits per heavy atom. The van der Waals surface area contributed by atoms with E-state index in [-0.39, 0.29) is 0 Å². The van der Waals surface area contributed by atoms with Crippen molar-refractivity contribution in [3.63, 3.8) is 0 Å². The lowest BCUT2D eigenvalue weighted by atomic mass is 10.0. The second kappa shape index (κ2) is 7.34. The van der Waals surface area contributed by atoms with Crippen molar-refractivity contribution in [2.24, 2.45) is 5.92 Å². The summed E-state index contributed by atoms with van der Waals surface area (Å²) >= 11 is 0. The van der Waals surface area contributed by atoms with E-state index in [9.17, 15) is 0 Å². The predicted octanol–water partition coefficient (Wildman–Crippen LogP) is 1.88. The summed E-state index contributed by atoms with van der Waals surface area (Å²) in [5.41, 5.74) is 0. The number of likely N-dealkylation sites (N-methyl/N-ethyl adjacent to an activating group) is 1. The highest BCUT2D eigenvalue weighted by Gasteiger charge is 2.16. The standard InChI is InChI=1S/C14H28N2O/c1-16(11-13-5-4-10-17-12-13)9-8-15-14-6-2-3-7-14/h13-15H,2-12H2,1H3. The second-order valence-corrected chi connectivity index (χ2v) is 5.78. The molecule has 0 bridgehead atoms. The van der Waals surface area contributed by atoms with Gasteiger partial charge in [0.05, 0.1) is 6.61 Å². The summed E-state index contributed by atoms with van der Waals surface area (Å²) in [4.78, 5) is 2.46. The van der Waals surface area contributed by atoms with Crippen LogP contribution in [0.25, 0.3) is 0 Å². The van der Waals surface area contributed by atoms with Gasteiger partial charge in [-0.2, -0.15) is 0 Å². The van der Waals surface area contributed by atoms with Gasteiger partial charge in [0.2, 0.25) is 0 Å². The van der Waals surface area contributed by atoms with E-state index in [0.29, 0.717) is 0 Å². The number of hydrogen-bond acceptors (Lipinski definition) is 3. The molecular weight excluding hydrogens is 212 g/mol. The molecule has 1 unspecified atom stereocenters. The average Bonchev–Trinajstić information content (AvgIpc) is 2.83. The SMILES string of the molecule is CN(CCNC1CCCC1)CC1CCCOC1.